The molecule has 0 fully saturated rings. The Bertz CT molecular complexity index is 1180. The van der Waals surface area contributed by atoms with Gasteiger partial charge in [0.05, 0.1) is 6.61 Å². The number of benzene rings is 2. The number of amides is 2. The molecule has 0 radical (unpaired) electrons. The van der Waals surface area contributed by atoms with Gasteiger partial charge in [0.15, 0.2) is 5.78 Å². The zero-order valence-electron chi connectivity index (χ0n) is 25.7. The summed E-state index contributed by atoms with van der Waals surface area (Å²) in [6.45, 7) is 18.5. The van der Waals surface area contributed by atoms with Crippen molar-refractivity contribution in [3.63, 3.8) is 0 Å². The number of carbonyl (C=O) groups excluding carboxylic acids is 3. The van der Waals surface area contributed by atoms with Gasteiger partial charge in [-0.05, 0) is 53.9 Å². The second-order valence-corrected chi connectivity index (χ2v) is 13.3. The molecule has 0 heterocycles. The van der Waals surface area contributed by atoms with Crippen molar-refractivity contribution >= 4 is 34.9 Å². The molecule has 7 heteroatoms. The number of ether oxygens (including phenoxy) is 1. The highest BCUT2D eigenvalue weighted by atomic mass is 35.5. The van der Waals surface area contributed by atoms with Gasteiger partial charge in [-0.25, -0.2) is 0 Å². The molecule has 2 aromatic rings. The molecule has 2 rings (SSSR count). The maximum atomic E-state index is 13.2. The van der Waals surface area contributed by atoms with Gasteiger partial charge in [-0.1, -0.05) is 104 Å². The number of anilines is 1. The van der Waals surface area contributed by atoms with Crippen LogP contribution in [0.15, 0.2) is 48.5 Å². The average molecular weight is 571 g/mol. The van der Waals surface area contributed by atoms with Gasteiger partial charge < -0.3 is 15.4 Å². The molecule has 0 aliphatic heterocycles. The van der Waals surface area contributed by atoms with Crippen LogP contribution in [0.5, 0.6) is 5.75 Å². The van der Waals surface area contributed by atoms with Crippen molar-refractivity contribution in [2.24, 2.45) is 5.41 Å². The summed E-state index contributed by atoms with van der Waals surface area (Å²) in [5.74, 6) is -1.10. The number of rotatable bonds is 13. The van der Waals surface area contributed by atoms with Crippen molar-refractivity contribution in [1.82, 2.24) is 5.32 Å². The van der Waals surface area contributed by atoms with E-state index in [0.717, 1.165) is 24.2 Å². The average Bonchev–Trinajstić information content (AvgIpc) is 2.90. The fourth-order valence-corrected chi connectivity index (χ4v) is 4.58. The fraction of sp³-hybridized carbons (Fsp3) is 0.545. The molecule has 0 aliphatic rings. The first-order valence-corrected chi connectivity index (χ1v) is 14.5. The Kier molecular flexibility index (Phi) is 11.0. The van der Waals surface area contributed by atoms with Crippen LogP contribution in [0.4, 0.5) is 5.69 Å². The number of halogens is 1. The summed E-state index contributed by atoms with van der Waals surface area (Å²) in [6.07, 6.45) is 2.40. The van der Waals surface area contributed by atoms with E-state index >= 15 is 0 Å². The second kappa shape index (κ2) is 13.2. The van der Waals surface area contributed by atoms with Gasteiger partial charge >= 0.3 is 0 Å². The molecule has 0 aliphatic carbocycles. The van der Waals surface area contributed by atoms with Crippen molar-refractivity contribution in [2.75, 3.05) is 11.9 Å². The van der Waals surface area contributed by atoms with Gasteiger partial charge in [-0.15, -0.1) is 0 Å². The monoisotopic (exact) mass is 570 g/mol. The topological polar surface area (TPSA) is 84.5 Å². The Morgan fingerprint density at radius 1 is 0.850 bits per heavy atom. The van der Waals surface area contributed by atoms with Gasteiger partial charge in [0.25, 0.3) is 10.9 Å². The molecule has 1 atom stereocenters. The molecule has 40 heavy (non-hydrogen) atoms. The third kappa shape index (κ3) is 8.33. The number of nitrogens with one attached hydrogen (secondary N) is 2. The maximum Gasteiger partial charge on any atom is 0.273 e. The summed E-state index contributed by atoms with van der Waals surface area (Å²) in [5, 5.41) is 5.15. The predicted molar refractivity (Wildman–Crippen MR) is 164 cm³/mol. The molecule has 2 amide bonds. The summed E-state index contributed by atoms with van der Waals surface area (Å²) in [7, 11) is 0. The van der Waals surface area contributed by atoms with E-state index in [2.05, 4.69) is 64.3 Å². The van der Waals surface area contributed by atoms with E-state index in [-0.39, 0.29) is 17.3 Å². The zero-order valence-corrected chi connectivity index (χ0v) is 26.4. The van der Waals surface area contributed by atoms with Gasteiger partial charge in [-0.2, -0.15) is 0 Å². The molecular formula is C33H47ClN2O4. The lowest BCUT2D eigenvalue weighted by molar-refractivity contribution is -0.139. The summed E-state index contributed by atoms with van der Waals surface area (Å²) in [6, 6.07) is 15.1. The number of para-hydroxylation sites is 1. The number of alkyl halides is 1. The van der Waals surface area contributed by atoms with Crippen LogP contribution in [0.3, 0.4) is 0 Å². The number of hydrogen-bond acceptors (Lipinski definition) is 4. The van der Waals surface area contributed by atoms with E-state index in [1.54, 1.807) is 51.1 Å². The highest BCUT2D eigenvalue weighted by Crippen LogP contribution is 2.38. The van der Waals surface area contributed by atoms with Crippen molar-refractivity contribution in [1.29, 1.82) is 0 Å². The van der Waals surface area contributed by atoms with Crippen LogP contribution in [0.2, 0.25) is 0 Å². The van der Waals surface area contributed by atoms with Gasteiger partial charge in [0.1, 0.15) is 5.75 Å². The minimum atomic E-state index is -2.24. The predicted octanol–water partition coefficient (Wildman–Crippen LogP) is 7.53. The van der Waals surface area contributed by atoms with Crippen LogP contribution in [-0.4, -0.2) is 29.2 Å². The lowest BCUT2D eigenvalue weighted by atomic mass is 9.76. The second-order valence-electron chi connectivity index (χ2n) is 12.7. The highest BCUT2D eigenvalue weighted by Gasteiger charge is 2.49. The van der Waals surface area contributed by atoms with Crippen LogP contribution in [-0.2, 0) is 25.2 Å². The molecule has 1 unspecified atom stereocenters. The van der Waals surface area contributed by atoms with E-state index < -0.39 is 28.0 Å². The molecule has 2 aromatic carbocycles. The summed E-state index contributed by atoms with van der Waals surface area (Å²) < 4.78 is 6.18. The SMILES string of the molecule is CCC(C)(C)c1ccc(OCCCC(=O)NC(Cl)(C(=O)Nc2ccccc2)C(=O)C(C)(C)C)c(C(C)(C)CC)c1. The lowest BCUT2D eigenvalue weighted by Gasteiger charge is -2.31. The molecule has 0 aromatic heterocycles. The molecule has 0 bridgehead atoms. The van der Waals surface area contributed by atoms with Crippen LogP contribution in [0.25, 0.3) is 0 Å². The number of ketones is 1. The van der Waals surface area contributed by atoms with Crippen LogP contribution >= 0.6 is 11.6 Å². The van der Waals surface area contributed by atoms with Crippen molar-refractivity contribution < 1.29 is 19.1 Å². The largest absolute Gasteiger partial charge is 0.493 e. The van der Waals surface area contributed by atoms with Gasteiger partial charge in [-0.3, -0.25) is 14.4 Å². The van der Waals surface area contributed by atoms with Crippen LogP contribution < -0.4 is 15.4 Å². The lowest BCUT2D eigenvalue weighted by Crippen LogP contribution is -2.61. The number of carbonyl (C=O) groups is 3. The molecule has 0 saturated carbocycles. The third-order valence-corrected chi connectivity index (χ3v) is 8.15. The Balaban J connectivity index is 2.13. The van der Waals surface area contributed by atoms with E-state index in [9.17, 15) is 14.4 Å². The standard InChI is InChI=1S/C33H47ClN2O4/c1-10-31(6,7)23-19-20-26(25(22-23)32(8,9)11-2)40-21-15-18-27(37)36-33(34,28(38)30(3,4)5)29(39)35-24-16-13-12-14-17-24/h12-14,16-17,19-20,22H,10-11,15,18,21H2,1-9H3,(H,35,39)(H,36,37). The molecule has 6 nitrogen and oxygen atoms in total. The summed E-state index contributed by atoms with van der Waals surface area (Å²) >= 11 is 6.60. The number of hydrogen-bond donors (Lipinski definition) is 2. The Morgan fingerprint density at radius 2 is 1.45 bits per heavy atom. The van der Waals surface area contributed by atoms with E-state index in [4.69, 9.17) is 16.3 Å². The van der Waals surface area contributed by atoms with E-state index in [0.29, 0.717) is 18.7 Å². The quantitative estimate of drug-likeness (QED) is 0.113. The minimum absolute atomic E-state index is 0.0396. The maximum absolute atomic E-state index is 13.2. The van der Waals surface area contributed by atoms with E-state index in [1.165, 1.54) is 5.56 Å². The van der Waals surface area contributed by atoms with E-state index in [1.807, 2.05) is 6.07 Å². The molecule has 220 valence electrons. The van der Waals surface area contributed by atoms with Crippen molar-refractivity contribution in [2.45, 2.75) is 104 Å². The third-order valence-electron chi connectivity index (χ3n) is 7.71. The van der Waals surface area contributed by atoms with Crippen molar-refractivity contribution in [3.8, 4) is 5.75 Å². The fourth-order valence-electron chi connectivity index (χ4n) is 4.14. The van der Waals surface area contributed by atoms with Gasteiger partial charge in [0, 0.05) is 23.1 Å². The zero-order chi connectivity index (χ0) is 30.4. The Labute approximate surface area is 245 Å². The van der Waals surface area contributed by atoms with Crippen LogP contribution in [0, 0.1) is 5.41 Å². The summed E-state index contributed by atoms with van der Waals surface area (Å²) in [4.78, 5) is 37.1. The highest BCUT2D eigenvalue weighted by molar-refractivity contribution is 6.48. The van der Waals surface area contributed by atoms with Crippen LogP contribution in [0.1, 0.15) is 99.1 Å². The number of Topliss-reactive ketones (excluding diaryl/α,β-unsaturated/α-hetero) is 1. The smallest absolute Gasteiger partial charge is 0.273 e. The molecule has 2 N–H and O–H groups in total. The first-order chi connectivity index (χ1) is 18.5. The normalized spacial score (nSPS) is 13.8. The molecular weight excluding hydrogens is 524 g/mol. The minimum Gasteiger partial charge on any atom is -0.493 e. The Hall–Kier alpha value is -2.86. The summed E-state index contributed by atoms with van der Waals surface area (Å²) in [5.41, 5.74) is 1.90. The van der Waals surface area contributed by atoms with Crippen molar-refractivity contribution in [3.05, 3.63) is 59.7 Å². The molecule has 0 saturated heterocycles. The first-order valence-electron chi connectivity index (χ1n) is 14.2. The first kappa shape index (κ1) is 33.3. The molecule has 0 spiro atoms. The Morgan fingerprint density at radius 3 is 2.00 bits per heavy atom. The van der Waals surface area contributed by atoms with Gasteiger partial charge in [0.2, 0.25) is 5.91 Å².